The molecule has 0 saturated heterocycles. The number of aliphatic hydroxyl groups excluding tert-OH is 1. The van der Waals surface area contributed by atoms with Crippen molar-refractivity contribution in [3.8, 4) is 45.8 Å². The lowest BCUT2D eigenvalue weighted by Crippen LogP contribution is -2.01. The summed E-state index contributed by atoms with van der Waals surface area (Å²) in [5.74, 6) is 0.662. The van der Waals surface area contributed by atoms with Gasteiger partial charge in [0, 0.05) is 11.1 Å². The number of fused-ring (bicyclic) bond motifs is 4. The lowest BCUT2D eigenvalue weighted by atomic mass is 10.1. The molecule has 0 aliphatic rings. The van der Waals surface area contributed by atoms with Crippen molar-refractivity contribution in [2.24, 2.45) is 0 Å². The maximum Gasteiger partial charge on any atom is 0.340 e. The lowest BCUT2D eigenvalue weighted by Gasteiger charge is -2.01. The molecule has 0 saturated carbocycles. The number of nitrogens with zero attached hydrogens (tertiary/aromatic N) is 4. The van der Waals surface area contributed by atoms with Gasteiger partial charge in [-0.3, -0.25) is 0 Å². The molecule has 284 valence electrons. The number of carbonyl (C=O) groups excluding carboxylic acids is 2. The van der Waals surface area contributed by atoms with Crippen LogP contribution in [0.1, 0.15) is 26.3 Å². The first-order valence-electron chi connectivity index (χ1n) is 17.9. The van der Waals surface area contributed by atoms with E-state index in [1.807, 2.05) is 84.9 Å². The number of para-hydroxylation sites is 4. The normalized spacial score (nSPS) is 11.2. The molecule has 0 aliphatic heterocycles. The smallest absolute Gasteiger partial charge is 0.340 e. The maximum atomic E-state index is 12.1. The molecule has 58 heavy (non-hydrogen) atoms. The summed E-state index contributed by atoms with van der Waals surface area (Å²) in [5, 5.41) is 9.63. The second kappa shape index (κ2) is 15.0. The van der Waals surface area contributed by atoms with Crippen LogP contribution >= 0.6 is 0 Å². The summed E-state index contributed by atoms with van der Waals surface area (Å²) >= 11 is 0. The lowest BCUT2D eigenvalue weighted by molar-refractivity contribution is 0.0594. The van der Waals surface area contributed by atoms with E-state index >= 15 is 0 Å². The summed E-state index contributed by atoms with van der Waals surface area (Å²) in [6.07, 6.45) is 0. The Morgan fingerprint density at radius 3 is 1.38 bits per heavy atom. The van der Waals surface area contributed by atoms with Crippen molar-refractivity contribution in [1.29, 1.82) is 0 Å². The first-order valence-corrected chi connectivity index (χ1v) is 17.9. The van der Waals surface area contributed by atoms with Crippen molar-refractivity contribution in [3.63, 3.8) is 0 Å². The minimum absolute atomic E-state index is 0.122. The van der Waals surface area contributed by atoms with Gasteiger partial charge in [0.2, 0.25) is 23.6 Å². The van der Waals surface area contributed by atoms with Crippen LogP contribution in [0.5, 0.6) is 0 Å². The monoisotopic (exact) mass is 770 g/mol. The van der Waals surface area contributed by atoms with Gasteiger partial charge in [-0.05, 0) is 72.3 Å². The molecule has 4 aromatic heterocycles. The summed E-state index contributed by atoms with van der Waals surface area (Å²) < 4.78 is 33.4. The molecule has 0 fully saturated rings. The second-order valence-corrected chi connectivity index (χ2v) is 12.8. The fourth-order valence-corrected chi connectivity index (χ4v) is 6.61. The molecular formula is C45H30N4O9. The van der Waals surface area contributed by atoms with Crippen molar-refractivity contribution in [2.45, 2.75) is 6.61 Å². The zero-order chi connectivity index (χ0) is 39.8. The highest BCUT2D eigenvalue weighted by atomic mass is 16.5. The van der Waals surface area contributed by atoms with Gasteiger partial charge in [-0.15, -0.1) is 0 Å². The average molecular weight is 771 g/mol. The van der Waals surface area contributed by atoms with Crippen LogP contribution in [0.15, 0.2) is 145 Å². The standard InChI is InChI=1S/C23H16N2O5.C22H14N2O4/c1-28-23(27)16-9-5-11-18-20(16)25-22(30-18)15-8-4-10-17-19(15)24-21(29-17)14-7-3-2-6-13(14)12-26;1-26-22(25)15-10-6-12-17-19(15)24-21(28-17)14-9-5-11-16-18(14)23-20(27-16)13-7-3-2-4-8-13/h2-11,26H,12H2,1H3;2-12H,1H3. The van der Waals surface area contributed by atoms with E-state index in [1.54, 1.807) is 42.5 Å². The molecule has 4 heterocycles. The van der Waals surface area contributed by atoms with Gasteiger partial charge in [0.1, 0.15) is 22.1 Å². The molecule has 13 nitrogen and oxygen atoms in total. The number of aliphatic hydroxyl groups is 1. The van der Waals surface area contributed by atoms with E-state index in [0.29, 0.717) is 95.8 Å². The summed E-state index contributed by atoms with van der Waals surface area (Å²) in [6, 6.07) is 38.3. The molecule has 13 heteroatoms. The van der Waals surface area contributed by atoms with E-state index < -0.39 is 11.9 Å². The topological polar surface area (TPSA) is 177 Å². The van der Waals surface area contributed by atoms with Gasteiger partial charge in [-0.2, -0.15) is 0 Å². The molecule has 1 N–H and O–H groups in total. The molecule has 6 aromatic carbocycles. The minimum atomic E-state index is -0.483. The SMILES string of the molecule is COC(=O)c1cccc2oc(-c3cccc4oc(-c5ccccc5)nc34)nc12.COC(=O)c1cccc2oc(-c3cccc4oc(-c5ccccc5CO)nc34)nc12. The first-order chi connectivity index (χ1) is 28.4. The highest BCUT2D eigenvalue weighted by Gasteiger charge is 2.22. The molecule has 0 atom stereocenters. The molecule has 0 bridgehead atoms. The molecule has 10 aromatic rings. The number of hydrogen-bond donors (Lipinski definition) is 1. The van der Waals surface area contributed by atoms with E-state index in [9.17, 15) is 14.7 Å². The third-order valence-corrected chi connectivity index (χ3v) is 9.39. The van der Waals surface area contributed by atoms with Crippen LogP contribution in [-0.2, 0) is 16.1 Å². The molecular weight excluding hydrogens is 741 g/mol. The van der Waals surface area contributed by atoms with Gasteiger partial charge in [0.25, 0.3) is 0 Å². The number of oxazole rings is 4. The third-order valence-electron chi connectivity index (χ3n) is 9.39. The number of methoxy groups -OCH3 is 2. The number of benzene rings is 6. The summed E-state index contributed by atoms with van der Waals surface area (Å²) in [6.45, 7) is -0.122. The predicted molar refractivity (Wildman–Crippen MR) is 213 cm³/mol. The minimum Gasteiger partial charge on any atom is -0.465 e. The third kappa shape index (κ3) is 6.40. The predicted octanol–water partition coefficient (Wildman–Crippen LogP) is 9.67. The van der Waals surface area contributed by atoms with Crippen LogP contribution in [0, 0.1) is 0 Å². The van der Waals surface area contributed by atoms with Gasteiger partial charge in [-0.1, -0.05) is 60.7 Å². The largest absolute Gasteiger partial charge is 0.465 e. The van der Waals surface area contributed by atoms with Crippen LogP contribution in [-0.4, -0.2) is 51.2 Å². The van der Waals surface area contributed by atoms with Gasteiger partial charge in [0.05, 0.1) is 43.1 Å². The zero-order valence-electron chi connectivity index (χ0n) is 30.8. The van der Waals surface area contributed by atoms with Crippen molar-refractivity contribution in [1.82, 2.24) is 19.9 Å². The molecule has 0 aliphatic carbocycles. The Labute approximate surface area is 328 Å². The molecule has 0 radical (unpaired) electrons. The summed E-state index contributed by atoms with van der Waals surface area (Å²) in [5.41, 5.74) is 8.59. The highest BCUT2D eigenvalue weighted by molar-refractivity contribution is 6.03. The fraction of sp³-hybridized carbons (Fsp3) is 0.0667. The Morgan fingerprint density at radius 1 is 0.466 bits per heavy atom. The summed E-state index contributed by atoms with van der Waals surface area (Å²) in [4.78, 5) is 42.4. The van der Waals surface area contributed by atoms with Crippen molar-refractivity contribution in [3.05, 3.63) is 144 Å². The van der Waals surface area contributed by atoms with Gasteiger partial charge in [-0.25, -0.2) is 29.5 Å². The Hall–Kier alpha value is -7.90. The Balaban J connectivity index is 0.000000151. The fourth-order valence-electron chi connectivity index (χ4n) is 6.61. The van der Waals surface area contributed by atoms with Crippen LogP contribution in [0.4, 0.5) is 0 Å². The van der Waals surface area contributed by atoms with Gasteiger partial charge < -0.3 is 32.2 Å². The highest BCUT2D eigenvalue weighted by Crippen LogP contribution is 2.36. The Kier molecular flexibility index (Phi) is 9.24. The van der Waals surface area contributed by atoms with Crippen molar-refractivity contribution >= 4 is 56.3 Å². The number of hydrogen-bond acceptors (Lipinski definition) is 13. The molecule has 0 unspecified atom stereocenters. The number of carbonyl (C=O) groups is 2. The Morgan fingerprint density at radius 2 is 0.862 bits per heavy atom. The number of aromatic nitrogens is 4. The molecule has 0 amide bonds. The van der Waals surface area contributed by atoms with Crippen molar-refractivity contribution < 1.29 is 41.8 Å². The summed E-state index contributed by atoms with van der Waals surface area (Å²) in [7, 11) is 2.66. The zero-order valence-corrected chi connectivity index (χ0v) is 30.8. The first kappa shape index (κ1) is 35.8. The van der Waals surface area contributed by atoms with E-state index in [2.05, 4.69) is 19.9 Å². The quantitative estimate of drug-likeness (QED) is 0.152. The van der Waals surface area contributed by atoms with Crippen LogP contribution < -0.4 is 0 Å². The van der Waals surface area contributed by atoms with E-state index in [4.69, 9.17) is 27.1 Å². The second-order valence-electron chi connectivity index (χ2n) is 12.8. The van der Waals surface area contributed by atoms with E-state index in [-0.39, 0.29) is 6.61 Å². The maximum absolute atomic E-state index is 12.1. The van der Waals surface area contributed by atoms with Gasteiger partial charge >= 0.3 is 11.9 Å². The average Bonchev–Trinajstić information content (AvgIpc) is 4.10. The molecule has 10 rings (SSSR count). The number of esters is 2. The van der Waals surface area contributed by atoms with Crippen LogP contribution in [0.3, 0.4) is 0 Å². The Bertz CT molecular complexity index is 3140. The van der Waals surface area contributed by atoms with E-state index in [0.717, 1.165) is 11.1 Å². The van der Waals surface area contributed by atoms with Crippen LogP contribution in [0.2, 0.25) is 0 Å². The molecule has 0 spiro atoms. The van der Waals surface area contributed by atoms with Crippen molar-refractivity contribution in [2.75, 3.05) is 14.2 Å². The number of rotatable bonds is 7. The van der Waals surface area contributed by atoms with Gasteiger partial charge in [0.15, 0.2) is 22.3 Å². The number of ether oxygens (including phenoxy) is 2. The van der Waals surface area contributed by atoms with E-state index in [1.165, 1.54) is 14.2 Å². The van der Waals surface area contributed by atoms with Crippen LogP contribution in [0.25, 0.3) is 90.2 Å².